The standard InChI is InChI=1S/C17H20N4O2S/c1-9(2)7-22-16-19-14-13-11-6-17(4,5)23-8-12(11)24-15(13)18-10(3)21(14)20-16/h1,6-8H2,2-5H3. The second kappa shape index (κ2) is 5.26. The number of fused-ring (bicyclic) bond motifs is 5. The van der Waals surface area contributed by atoms with Gasteiger partial charge in [0.15, 0.2) is 5.65 Å². The van der Waals surface area contributed by atoms with Crippen LogP contribution in [0.3, 0.4) is 0 Å². The van der Waals surface area contributed by atoms with Crippen LogP contribution in [0.1, 0.15) is 37.0 Å². The average Bonchev–Trinajstić information content (AvgIpc) is 3.05. The molecule has 1 aliphatic heterocycles. The lowest BCUT2D eigenvalue weighted by atomic mass is 9.94. The Hall–Kier alpha value is -1.99. The van der Waals surface area contributed by atoms with E-state index in [0.29, 0.717) is 19.2 Å². The molecule has 4 heterocycles. The molecular formula is C17H20N4O2S. The van der Waals surface area contributed by atoms with Gasteiger partial charge in [0.25, 0.3) is 0 Å². The molecule has 6 nitrogen and oxygen atoms in total. The van der Waals surface area contributed by atoms with E-state index in [4.69, 9.17) is 14.5 Å². The van der Waals surface area contributed by atoms with E-state index in [1.165, 1.54) is 10.4 Å². The molecule has 126 valence electrons. The summed E-state index contributed by atoms with van der Waals surface area (Å²) in [5.74, 6) is 0.800. The number of aromatic nitrogens is 4. The third-order valence-corrected chi connectivity index (χ3v) is 5.20. The van der Waals surface area contributed by atoms with Gasteiger partial charge in [-0.2, -0.15) is 9.50 Å². The maximum atomic E-state index is 5.94. The normalized spacial score (nSPS) is 16.5. The first-order valence-corrected chi connectivity index (χ1v) is 8.74. The van der Waals surface area contributed by atoms with Gasteiger partial charge in [-0.15, -0.1) is 16.4 Å². The molecule has 3 aromatic rings. The van der Waals surface area contributed by atoms with Gasteiger partial charge in [0.2, 0.25) is 0 Å². The summed E-state index contributed by atoms with van der Waals surface area (Å²) in [5.41, 5.74) is 2.84. The summed E-state index contributed by atoms with van der Waals surface area (Å²) in [5, 5.41) is 5.53. The minimum Gasteiger partial charge on any atom is -0.458 e. The van der Waals surface area contributed by atoms with Gasteiger partial charge < -0.3 is 9.47 Å². The summed E-state index contributed by atoms with van der Waals surface area (Å²) in [6.45, 7) is 13.0. The number of thiophene rings is 1. The summed E-state index contributed by atoms with van der Waals surface area (Å²) < 4.78 is 13.3. The maximum absolute atomic E-state index is 5.94. The van der Waals surface area contributed by atoms with E-state index in [1.807, 2.05) is 13.8 Å². The Bertz CT molecular complexity index is 970. The van der Waals surface area contributed by atoms with Gasteiger partial charge in [0.05, 0.1) is 17.6 Å². The van der Waals surface area contributed by atoms with Gasteiger partial charge in [0.1, 0.15) is 17.3 Å². The predicted octanol–water partition coefficient (Wildman–Crippen LogP) is 3.45. The van der Waals surface area contributed by atoms with Crippen LogP contribution < -0.4 is 4.74 Å². The van der Waals surface area contributed by atoms with E-state index >= 15 is 0 Å². The molecule has 0 radical (unpaired) electrons. The van der Waals surface area contributed by atoms with Crippen molar-refractivity contribution >= 4 is 27.2 Å². The number of hydrogen-bond donors (Lipinski definition) is 0. The Balaban J connectivity index is 1.92. The van der Waals surface area contributed by atoms with Crippen LogP contribution in [0, 0.1) is 6.92 Å². The first-order chi connectivity index (χ1) is 11.3. The van der Waals surface area contributed by atoms with Crippen molar-refractivity contribution in [1.82, 2.24) is 19.6 Å². The lowest BCUT2D eigenvalue weighted by molar-refractivity contribution is -0.0379. The molecule has 24 heavy (non-hydrogen) atoms. The number of hydrogen-bond acceptors (Lipinski definition) is 6. The molecular weight excluding hydrogens is 324 g/mol. The molecule has 0 atom stereocenters. The zero-order valence-corrected chi connectivity index (χ0v) is 15.2. The number of aryl methyl sites for hydroxylation is 1. The van der Waals surface area contributed by atoms with Crippen molar-refractivity contribution in [2.75, 3.05) is 6.61 Å². The Morgan fingerprint density at radius 2 is 2.21 bits per heavy atom. The van der Waals surface area contributed by atoms with E-state index in [0.717, 1.165) is 33.7 Å². The minimum absolute atomic E-state index is 0.178. The van der Waals surface area contributed by atoms with Crippen molar-refractivity contribution in [3.8, 4) is 6.01 Å². The molecule has 7 heteroatoms. The molecule has 0 fully saturated rings. The second-order valence-electron chi connectivity index (χ2n) is 6.94. The summed E-state index contributed by atoms with van der Waals surface area (Å²) in [6, 6.07) is 0.363. The van der Waals surface area contributed by atoms with Crippen LogP contribution in [0.25, 0.3) is 15.9 Å². The number of nitrogens with zero attached hydrogens (tertiary/aromatic N) is 4. The first kappa shape index (κ1) is 15.5. The highest BCUT2D eigenvalue weighted by molar-refractivity contribution is 7.19. The van der Waals surface area contributed by atoms with Gasteiger partial charge in [-0.1, -0.05) is 6.58 Å². The second-order valence-corrected chi connectivity index (χ2v) is 8.03. The molecule has 3 aromatic heterocycles. The van der Waals surface area contributed by atoms with E-state index in [2.05, 4.69) is 30.5 Å². The molecule has 0 saturated carbocycles. The highest BCUT2D eigenvalue weighted by Gasteiger charge is 2.31. The Morgan fingerprint density at radius 1 is 1.42 bits per heavy atom. The van der Waals surface area contributed by atoms with Crippen LogP contribution in [0.15, 0.2) is 12.2 Å². The zero-order chi connectivity index (χ0) is 17.1. The van der Waals surface area contributed by atoms with Gasteiger partial charge in [-0.05, 0) is 38.8 Å². The minimum atomic E-state index is -0.178. The van der Waals surface area contributed by atoms with Crippen molar-refractivity contribution in [3.63, 3.8) is 0 Å². The van der Waals surface area contributed by atoms with Gasteiger partial charge in [-0.3, -0.25) is 0 Å². The SMILES string of the molecule is C=C(C)COc1nc2c3c4c(sc3nc(C)n2n1)COC(C)(C)C4. The molecule has 0 saturated heterocycles. The molecule has 0 N–H and O–H groups in total. The van der Waals surface area contributed by atoms with E-state index in [-0.39, 0.29) is 5.60 Å². The molecule has 0 spiro atoms. The Morgan fingerprint density at radius 3 is 2.96 bits per heavy atom. The van der Waals surface area contributed by atoms with Crippen molar-refractivity contribution in [2.45, 2.75) is 46.3 Å². The van der Waals surface area contributed by atoms with Crippen LogP contribution in [0.4, 0.5) is 0 Å². The zero-order valence-electron chi connectivity index (χ0n) is 14.3. The average molecular weight is 344 g/mol. The first-order valence-electron chi connectivity index (χ1n) is 7.93. The Kier molecular flexibility index (Phi) is 3.40. The number of rotatable bonds is 3. The molecule has 0 aromatic carbocycles. The molecule has 0 unspecified atom stereocenters. The van der Waals surface area contributed by atoms with E-state index < -0.39 is 0 Å². The highest BCUT2D eigenvalue weighted by Crippen LogP contribution is 2.40. The molecule has 4 rings (SSSR count). The quantitative estimate of drug-likeness (QED) is 0.681. The molecule has 1 aliphatic rings. The fourth-order valence-corrected chi connectivity index (χ4v) is 4.12. The summed E-state index contributed by atoms with van der Waals surface area (Å²) in [6.07, 6.45) is 0.845. The van der Waals surface area contributed by atoms with Crippen LogP contribution in [-0.2, 0) is 17.8 Å². The topological polar surface area (TPSA) is 61.5 Å². The summed E-state index contributed by atoms with van der Waals surface area (Å²) in [7, 11) is 0. The van der Waals surface area contributed by atoms with Crippen molar-refractivity contribution in [1.29, 1.82) is 0 Å². The molecule has 0 aliphatic carbocycles. The largest absolute Gasteiger partial charge is 0.458 e. The molecule has 0 amide bonds. The number of ether oxygens (including phenoxy) is 2. The van der Waals surface area contributed by atoms with Crippen molar-refractivity contribution in [2.24, 2.45) is 0 Å². The van der Waals surface area contributed by atoms with E-state index in [9.17, 15) is 0 Å². The van der Waals surface area contributed by atoms with Crippen LogP contribution >= 0.6 is 11.3 Å². The van der Waals surface area contributed by atoms with Gasteiger partial charge in [0, 0.05) is 11.3 Å². The van der Waals surface area contributed by atoms with Crippen molar-refractivity contribution in [3.05, 3.63) is 28.4 Å². The summed E-state index contributed by atoms with van der Waals surface area (Å²) in [4.78, 5) is 11.6. The molecule has 0 bridgehead atoms. The van der Waals surface area contributed by atoms with Crippen LogP contribution in [-0.4, -0.2) is 31.8 Å². The van der Waals surface area contributed by atoms with E-state index in [1.54, 1.807) is 15.9 Å². The van der Waals surface area contributed by atoms with Gasteiger partial charge >= 0.3 is 6.01 Å². The smallest absolute Gasteiger partial charge is 0.336 e. The lowest BCUT2D eigenvalue weighted by Gasteiger charge is -2.30. The van der Waals surface area contributed by atoms with Crippen LogP contribution in [0.2, 0.25) is 0 Å². The maximum Gasteiger partial charge on any atom is 0.336 e. The third kappa shape index (κ3) is 2.48. The third-order valence-electron chi connectivity index (χ3n) is 4.10. The fourth-order valence-electron chi connectivity index (χ4n) is 2.97. The fraction of sp³-hybridized carbons (Fsp3) is 0.471. The summed E-state index contributed by atoms with van der Waals surface area (Å²) >= 11 is 1.68. The van der Waals surface area contributed by atoms with Gasteiger partial charge in [-0.25, -0.2) is 4.98 Å². The highest BCUT2D eigenvalue weighted by atomic mass is 32.1. The van der Waals surface area contributed by atoms with Crippen molar-refractivity contribution < 1.29 is 9.47 Å². The predicted molar refractivity (Wildman–Crippen MR) is 93.8 cm³/mol. The lowest BCUT2D eigenvalue weighted by Crippen LogP contribution is -2.31. The Labute approximate surface area is 144 Å². The van der Waals surface area contributed by atoms with Crippen LogP contribution in [0.5, 0.6) is 6.01 Å². The monoisotopic (exact) mass is 344 g/mol.